The molecule has 0 radical (unpaired) electrons. The van der Waals surface area contributed by atoms with Gasteiger partial charge in [-0.2, -0.15) is 0 Å². The normalized spacial score (nSPS) is 12.1. The van der Waals surface area contributed by atoms with E-state index in [4.69, 9.17) is 0 Å². The van der Waals surface area contributed by atoms with Crippen molar-refractivity contribution in [3.05, 3.63) is 69.3 Å². The van der Waals surface area contributed by atoms with Crippen LogP contribution in [0, 0.1) is 34.6 Å². The van der Waals surface area contributed by atoms with Gasteiger partial charge >= 0.3 is 0 Å². The molecule has 2 heteroatoms. The maximum Gasteiger partial charge on any atom is 0.224 e. The molecule has 0 spiro atoms. The first-order chi connectivity index (χ1) is 10.8. The van der Waals surface area contributed by atoms with E-state index in [0.717, 1.165) is 5.56 Å². The van der Waals surface area contributed by atoms with Crippen LogP contribution in [0.4, 0.5) is 0 Å². The highest BCUT2D eigenvalue weighted by Gasteiger charge is 2.14. The van der Waals surface area contributed by atoms with Crippen LogP contribution in [0.3, 0.4) is 0 Å². The number of amides is 1. The summed E-state index contributed by atoms with van der Waals surface area (Å²) in [7, 11) is 0. The maximum absolute atomic E-state index is 12.4. The van der Waals surface area contributed by atoms with Gasteiger partial charge in [-0.15, -0.1) is 0 Å². The third-order valence-electron chi connectivity index (χ3n) is 4.58. The lowest BCUT2D eigenvalue weighted by Gasteiger charge is -2.19. The number of carbonyl (C=O) groups is 1. The summed E-state index contributed by atoms with van der Waals surface area (Å²) in [6.45, 7) is 12.5. The summed E-state index contributed by atoms with van der Waals surface area (Å²) in [5.74, 6) is 0.0730. The van der Waals surface area contributed by atoms with Gasteiger partial charge in [0.15, 0.2) is 0 Å². The van der Waals surface area contributed by atoms with Crippen LogP contribution in [-0.4, -0.2) is 5.91 Å². The molecule has 122 valence electrons. The van der Waals surface area contributed by atoms with E-state index in [-0.39, 0.29) is 11.9 Å². The van der Waals surface area contributed by atoms with Crippen LogP contribution in [0.15, 0.2) is 30.3 Å². The number of rotatable bonds is 4. The largest absolute Gasteiger partial charge is 0.349 e. The van der Waals surface area contributed by atoms with Crippen molar-refractivity contribution in [2.45, 2.75) is 54.0 Å². The number of aryl methyl sites for hydroxylation is 5. The van der Waals surface area contributed by atoms with Gasteiger partial charge in [0.1, 0.15) is 0 Å². The number of carbonyl (C=O) groups excluding carboxylic acids is 1. The molecule has 0 heterocycles. The zero-order valence-electron chi connectivity index (χ0n) is 15.1. The molecule has 23 heavy (non-hydrogen) atoms. The van der Waals surface area contributed by atoms with Gasteiger partial charge in [-0.1, -0.05) is 35.9 Å². The van der Waals surface area contributed by atoms with Crippen molar-refractivity contribution < 1.29 is 4.79 Å². The van der Waals surface area contributed by atoms with Crippen LogP contribution < -0.4 is 5.32 Å². The van der Waals surface area contributed by atoms with Crippen molar-refractivity contribution in [3.8, 4) is 0 Å². The third kappa shape index (κ3) is 4.22. The molecule has 0 aliphatic heterocycles. The molecule has 2 nitrogen and oxygen atoms in total. The molecule has 2 aromatic rings. The van der Waals surface area contributed by atoms with Crippen molar-refractivity contribution >= 4 is 5.91 Å². The summed E-state index contributed by atoms with van der Waals surface area (Å²) < 4.78 is 0. The number of hydrogen-bond acceptors (Lipinski definition) is 1. The number of benzene rings is 2. The van der Waals surface area contributed by atoms with Gasteiger partial charge < -0.3 is 5.32 Å². The molecule has 1 atom stereocenters. The predicted octanol–water partition coefficient (Wildman–Crippen LogP) is 4.65. The summed E-state index contributed by atoms with van der Waals surface area (Å²) in [6, 6.07) is 10.7. The smallest absolute Gasteiger partial charge is 0.224 e. The fraction of sp³-hybridized carbons (Fsp3) is 0.381. The van der Waals surface area contributed by atoms with Gasteiger partial charge in [-0.3, -0.25) is 4.79 Å². The molecule has 0 saturated heterocycles. The summed E-state index contributed by atoms with van der Waals surface area (Å²) in [5.41, 5.74) is 8.44. The number of nitrogens with one attached hydrogen (secondary N) is 1. The minimum absolute atomic E-state index is 0.0203. The Morgan fingerprint density at radius 1 is 0.913 bits per heavy atom. The van der Waals surface area contributed by atoms with Gasteiger partial charge in [0, 0.05) is 0 Å². The Hall–Kier alpha value is -2.09. The monoisotopic (exact) mass is 309 g/mol. The van der Waals surface area contributed by atoms with Gasteiger partial charge in [0.2, 0.25) is 5.91 Å². The summed E-state index contributed by atoms with van der Waals surface area (Å²) in [4.78, 5) is 12.4. The van der Waals surface area contributed by atoms with Gasteiger partial charge in [0.05, 0.1) is 12.5 Å². The van der Waals surface area contributed by atoms with Crippen molar-refractivity contribution in [1.29, 1.82) is 0 Å². The molecule has 0 aliphatic carbocycles. The lowest BCUT2D eigenvalue weighted by molar-refractivity contribution is -0.121. The second-order valence-electron chi connectivity index (χ2n) is 6.69. The minimum atomic E-state index is 0.0203. The molecular formula is C21H27NO. The Morgan fingerprint density at radius 3 is 2.26 bits per heavy atom. The molecule has 2 rings (SSSR count). The van der Waals surface area contributed by atoms with Crippen molar-refractivity contribution in [2.24, 2.45) is 0 Å². The highest BCUT2D eigenvalue weighted by atomic mass is 16.1. The average Bonchev–Trinajstić information content (AvgIpc) is 2.46. The Kier molecular flexibility index (Phi) is 5.25. The van der Waals surface area contributed by atoms with Crippen LogP contribution >= 0.6 is 0 Å². The van der Waals surface area contributed by atoms with Gasteiger partial charge in [-0.05, 0) is 74.9 Å². The first-order valence-electron chi connectivity index (χ1n) is 8.21. The van der Waals surface area contributed by atoms with Crippen molar-refractivity contribution in [3.63, 3.8) is 0 Å². The third-order valence-corrected chi connectivity index (χ3v) is 4.58. The quantitative estimate of drug-likeness (QED) is 0.875. The zero-order valence-corrected chi connectivity index (χ0v) is 15.1. The minimum Gasteiger partial charge on any atom is -0.349 e. The second kappa shape index (κ2) is 6.99. The summed E-state index contributed by atoms with van der Waals surface area (Å²) in [6.07, 6.45) is 0.432. The van der Waals surface area contributed by atoms with E-state index < -0.39 is 0 Å². The van der Waals surface area contributed by atoms with E-state index in [1.54, 1.807) is 0 Å². The van der Waals surface area contributed by atoms with E-state index in [9.17, 15) is 4.79 Å². The molecule has 0 fully saturated rings. The van der Waals surface area contributed by atoms with E-state index in [0.29, 0.717) is 6.42 Å². The van der Waals surface area contributed by atoms with Gasteiger partial charge in [-0.25, -0.2) is 0 Å². The molecule has 1 N–H and O–H groups in total. The highest BCUT2D eigenvalue weighted by molar-refractivity contribution is 5.79. The SMILES string of the molecule is Cc1ccc(C)c(CC(=O)NC(C)c2cc(C)c(C)cc2C)c1. The van der Waals surface area contributed by atoms with E-state index in [1.807, 2.05) is 0 Å². The van der Waals surface area contributed by atoms with Crippen molar-refractivity contribution in [1.82, 2.24) is 5.32 Å². The molecular weight excluding hydrogens is 282 g/mol. The van der Waals surface area contributed by atoms with Crippen LogP contribution in [0.2, 0.25) is 0 Å². The van der Waals surface area contributed by atoms with Crippen molar-refractivity contribution in [2.75, 3.05) is 0 Å². The number of hydrogen-bond donors (Lipinski definition) is 1. The summed E-state index contributed by atoms with van der Waals surface area (Å²) in [5, 5.41) is 3.14. The molecule has 0 aliphatic rings. The molecule has 1 unspecified atom stereocenters. The molecule has 0 saturated carbocycles. The van der Waals surface area contributed by atoms with Crippen LogP contribution in [0.1, 0.15) is 51.9 Å². The maximum atomic E-state index is 12.4. The summed E-state index contributed by atoms with van der Waals surface area (Å²) >= 11 is 0. The predicted molar refractivity (Wildman–Crippen MR) is 96.8 cm³/mol. The molecule has 1 amide bonds. The Bertz CT molecular complexity index is 731. The van der Waals surface area contributed by atoms with Crippen LogP contribution in [0.5, 0.6) is 0 Å². The van der Waals surface area contributed by atoms with E-state index in [1.165, 1.54) is 33.4 Å². The highest BCUT2D eigenvalue weighted by Crippen LogP contribution is 2.22. The Balaban J connectivity index is 2.11. The fourth-order valence-electron chi connectivity index (χ4n) is 2.98. The fourth-order valence-corrected chi connectivity index (χ4v) is 2.98. The lowest BCUT2D eigenvalue weighted by Crippen LogP contribution is -2.28. The lowest BCUT2D eigenvalue weighted by atomic mass is 9.96. The Morgan fingerprint density at radius 2 is 1.57 bits per heavy atom. The molecule has 0 bridgehead atoms. The first kappa shape index (κ1) is 17.3. The molecule has 0 aromatic heterocycles. The van der Waals surface area contributed by atoms with E-state index in [2.05, 4.69) is 77.2 Å². The first-order valence-corrected chi connectivity index (χ1v) is 8.21. The standard InChI is InChI=1S/C21H27NO/c1-13-7-8-14(2)19(9-13)12-21(23)22-18(6)20-11-16(4)15(3)10-17(20)5/h7-11,18H,12H2,1-6H3,(H,22,23). The molecule has 2 aromatic carbocycles. The topological polar surface area (TPSA) is 29.1 Å². The second-order valence-corrected chi connectivity index (χ2v) is 6.69. The van der Waals surface area contributed by atoms with Gasteiger partial charge in [0.25, 0.3) is 0 Å². The zero-order chi connectivity index (χ0) is 17.1. The van der Waals surface area contributed by atoms with Crippen LogP contribution in [0.25, 0.3) is 0 Å². The van der Waals surface area contributed by atoms with Crippen LogP contribution in [-0.2, 0) is 11.2 Å². The Labute approximate surface area is 139 Å². The van der Waals surface area contributed by atoms with E-state index >= 15 is 0 Å². The average molecular weight is 309 g/mol.